The number of nitrogens with zero attached hydrogens (tertiary/aromatic N) is 2. The molecule has 3 rings (SSSR count). The molecule has 1 aromatic heterocycles. The van der Waals surface area contributed by atoms with Gasteiger partial charge < -0.3 is 14.8 Å². The number of anilines is 1. The molecular weight excluding hydrogens is 432 g/mol. The molecule has 0 atom stereocenters. The summed E-state index contributed by atoms with van der Waals surface area (Å²) >= 11 is 0. The molecule has 0 bridgehead atoms. The van der Waals surface area contributed by atoms with E-state index in [1.165, 1.54) is 25.4 Å². The van der Waals surface area contributed by atoms with Crippen molar-refractivity contribution in [3.63, 3.8) is 0 Å². The average molecular weight is 445 g/mol. The van der Waals surface area contributed by atoms with Crippen molar-refractivity contribution >= 4 is 11.6 Å². The van der Waals surface area contributed by atoms with Crippen LogP contribution in [-0.2, 0) is 6.54 Å². The molecule has 31 heavy (non-hydrogen) atoms. The van der Waals surface area contributed by atoms with Crippen molar-refractivity contribution in [2.24, 2.45) is 0 Å². The van der Waals surface area contributed by atoms with Gasteiger partial charge in [0.1, 0.15) is 5.82 Å². The topological polar surface area (TPSA) is 65.4 Å². The van der Waals surface area contributed by atoms with E-state index < -0.39 is 47.9 Å². The van der Waals surface area contributed by atoms with Crippen LogP contribution in [0.2, 0.25) is 0 Å². The number of hydrogen-bond acceptors (Lipinski definition) is 4. The van der Waals surface area contributed by atoms with Gasteiger partial charge in [0.25, 0.3) is 5.91 Å². The molecule has 0 saturated carbocycles. The SMILES string of the molecule is COc1cc(C(=O)Nc2cnn(Cc3c(F)cc(F)c(F)c3F)c2)ccc1OC(F)F. The number of amides is 1. The third-order valence-electron chi connectivity index (χ3n) is 4.06. The number of halogens is 6. The van der Waals surface area contributed by atoms with Gasteiger partial charge in [0, 0.05) is 23.4 Å². The number of rotatable bonds is 7. The standard InChI is InChI=1S/C19H13F6N3O3/c1-30-15-4-9(2-3-14(15)31-19(24)25)18(29)27-10-6-26-28(7-10)8-11-12(20)5-13(21)17(23)16(11)22/h2-7,19H,8H2,1H3,(H,27,29). The Morgan fingerprint density at radius 2 is 1.84 bits per heavy atom. The third kappa shape index (κ3) is 4.90. The van der Waals surface area contributed by atoms with E-state index in [1.54, 1.807) is 0 Å². The molecule has 164 valence electrons. The Kier molecular flexibility index (Phi) is 6.37. The Morgan fingerprint density at radius 1 is 1.10 bits per heavy atom. The van der Waals surface area contributed by atoms with Crippen LogP contribution in [0.25, 0.3) is 0 Å². The summed E-state index contributed by atoms with van der Waals surface area (Å²) < 4.78 is 88.9. The predicted octanol–water partition coefficient (Wildman–Crippen LogP) is 4.35. The van der Waals surface area contributed by atoms with Gasteiger partial charge in [-0.2, -0.15) is 13.9 Å². The fourth-order valence-corrected chi connectivity index (χ4v) is 2.63. The third-order valence-corrected chi connectivity index (χ3v) is 4.06. The average Bonchev–Trinajstić information content (AvgIpc) is 3.16. The smallest absolute Gasteiger partial charge is 0.387 e. The van der Waals surface area contributed by atoms with E-state index in [1.807, 2.05) is 0 Å². The van der Waals surface area contributed by atoms with Gasteiger partial charge in [-0.15, -0.1) is 0 Å². The van der Waals surface area contributed by atoms with Gasteiger partial charge in [0.05, 0.1) is 25.5 Å². The Morgan fingerprint density at radius 3 is 2.52 bits per heavy atom. The lowest BCUT2D eigenvalue weighted by Gasteiger charge is -2.11. The fourth-order valence-electron chi connectivity index (χ4n) is 2.63. The van der Waals surface area contributed by atoms with E-state index in [2.05, 4.69) is 15.2 Å². The zero-order valence-corrected chi connectivity index (χ0v) is 15.6. The lowest BCUT2D eigenvalue weighted by Crippen LogP contribution is -2.12. The molecule has 6 nitrogen and oxygen atoms in total. The molecule has 0 aliphatic rings. The van der Waals surface area contributed by atoms with Crippen LogP contribution in [0.1, 0.15) is 15.9 Å². The lowest BCUT2D eigenvalue weighted by molar-refractivity contribution is -0.0512. The molecular formula is C19H13F6N3O3. The van der Waals surface area contributed by atoms with E-state index >= 15 is 0 Å². The molecule has 2 aromatic carbocycles. The highest BCUT2D eigenvalue weighted by molar-refractivity contribution is 6.04. The second-order valence-corrected chi connectivity index (χ2v) is 6.07. The number of hydrogen-bond donors (Lipinski definition) is 1. The lowest BCUT2D eigenvalue weighted by atomic mass is 10.2. The number of carbonyl (C=O) groups is 1. The van der Waals surface area contributed by atoms with Gasteiger partial charge in [-0.3, -0.25) is 9.48 Å². The summed E-state index contributed by atoms with van der Waals surface area (Å²) in [6.45, 7) is -3.65. The van der Waals surface area contributed by atoms with Gasteiger partial charge in [-0.05, 0) is 18.2 Å². The Bertz CT molecular complexity index is 1120. The van der Waals surface area contributed by atoms with Crippen molar-refractivity contribution in [2.75, 3.05) is 12.4 Å². The van der Waals surface area contributed by atoms with E-state index in [0.717, 1.165) is 16.9 Å². The van der Waals surface area contributed by atoms with Crippen molar-refractivity contribution in [3.8, 4) is 11.5 Å². The van der Waals surface area contributed by atoms with Crippen molar-refractivity contribution in [2.45, 2.75) is 13.2 Å². The first-order chi connectivity index (χ1) is 14.7. The first-order valence-electron chi connectivity index (χ1n) is 8.48. The Balaban J connectivity index is 1.74. The van der Waals surface area contributed by atoms with Crippen LogP contribution in [0.5, 0.6) is 11.5 Å². The molecule has 1 amide bonds. The summed E-state index contributed by atoms with van der Waals surface area (Å²) in [5.41, 5.74) is -0.608. The maximum absolute atomic E-state index is 13.8. The zero-order chi connectivity index (χ0) is 22.7. The van der Waals surface area contributed by atoms with Crippen LogP contribution in [0.3, 0.4) is 0 Å². The molecule has 0 unspecified atom stereocenters. The molecule has 0 radical (unpaired) electrons. The summed E-state index contributed by atoms with van der Waals surface area (Å²) in [6.07, 6.45) is 2.35. The highest BCUT2D eigenvalue weighted by Crippen LogP contribution is 2.29. The quantitative estimate of drug-likeness (QED) is 0.334. The van der Waals surface area contributed by atoms with Crippen LogP contribution in [-0.4, -0.2) is 29.4 Å². The minimum Gasteiger partial charge on any atom is -0.493 e. The maximum Gasteiger partial charge on any atom is 0.387 e. The molecule has 1 heterocycles. The van der Waals surface area contributed by atoms with Crippen LogP contribution >= 0.6 is 0 Å². The molecule has 0 aliphatic carbocycles. The van der Waals surface area contributed by atoms with Crippen LogP contribution in [0.4, 0.5) is 32.0 Å². The summed E-state index contributed by atoms with van der Waals surface area (Å²) in [6, 6.07) is 3.72. The van der Waals surface area contributed by atoms with Gasteiger partial charge in [0.2, 0.25) is 0 Å². The normalized spacial score (nSPS) is 11.0. The molecule has 12 heteroatoms. The first kappa shape index (κ1) is 22.0. The summed E-state index contributed by atoms with van der Waals surface area (Å²) in [7, 11) is 1.20. The minimum atomic E-state index is -3.08. The van der Waals surface area contributed by atoms with E-state index in [9.17, 15) is 31.1 Å². The highest BCUT2D eigenvalue weighted by Gasteiger charge is 2.20. The van der Waals surface area contributed by atoms with E-state index in [-0.39, 0.29) is 28.8 Å². The Hall–Kier alpha value is -3.70. The number of carbonyl (C=O) groups excluding carboxylic acids is 1. The van der Waals surface area contributed by atoms with Gasteiger partial charge in [-0.25, -0.2) is 17.6 Å². The first-order valence-corrected chi connectivity index (χ1v) is 8.48. The van der Waals surface area contributed by atoms with Crippen molar-refractivity contribution < 1.29 is 40.6 Å². The van der Waals surface area contributed by atoms with Crippen LogP contribution < -0.4 is 14.8 Å². The largest absolute Gasteiger partial charge is 0.493 e. The second-order valence-electron chi connectivity index (χ2n) is 6.07. The van der Waals surface area contributed by atoms with Crippen LogP contribution in [0, 0.1) is 23.3 Å². The highest BCUT2D eigenvalue weighted by atomic mass is 19.3. The maximum atomic E-state index is 13.8. The van der Waals surface area contributed by atoms with Gasteiger partial charge in [0.15, 0.2) is 29.0 Å². The van der Waals surface area contributed by atoms with Gasteiger partial charge in [-0.1, -0.05) is 0 Å². The molecule has 0 fully saturated rings. The molecule has 0 saturated heterocycles. The summed E-state index contributed by atoms with van der Waals surface area (Å²) in [5, 5.41) is 6.23. The number of benzene rings is 2. The molecule has 1 N–H and O–H groups in total. The monoisotopic (exact) mass is 445 g/mol. The molecule has 0 aliphatic heterocycles. The van der Waals surface area contributed by atoms with E-state index in [4.69, 9.17) is 4.74 Å². The fraction of sp³-hybridized carbons (Fsp3) is 0.158. The Labute approximate surface area is 171 Å². The van der Waals surface area contributed by atoms with Crippen molar-refractivity contribution in [3.05, 3.63) is 71.1 Å². The molecule has 3 aromatic rings. The van der Waals surface area contributed by atoms with E-state index in [0.29, 0.717) is 0 Å². The predicted molar refractivity (Wildman–Crippen MR) is 95.2 cm³/mol. The summed E-state index contributed by atoms with van der Waals surface area (Å²) in [5.74, 6) is -7.50. The molecule has 0 spiro atoms. The number of alkyl halides is 2. The number of methoxy groups -OCH3 is 1. The minimum absolute atomic E-state index is 0.0314. The zero-order valence-electron chi connectivity index (χ0n) is 15.6. The number of aromatic nitrogens is 2. The summed E-state index contributed by atoms with van der Waals surface area (Å²) in [4.78, 5) is 12.4. The van der Waals surface area contributed by atoms with Crippen LogP contribution in [0.15, 0.2) is 36.7 Å². The van der Waals surface area contributed by atoms with Crippen molar-refractivity contribution in [1.82, 2.24) is 9.78 Å². The van der Waals surface area contributed by atoms with Gasteiger partial charge >= 0.3 is 6.61 Å². The number of nitrogens with one attached hydrogen (secondary N) is 1. The number of ether oxygens (including phenoxy) is 2. The van der Waals surface area contributed by atoms with Crippen molar-refractivity contribution in [1.29, 1.82) is 0 Å². The second kappa shape index (κ2) is 8.98.